The Labute approximate surface area is 126 Å². The molecule has 0 aliphatic carbocycles. The minimum atomic E-state index is -0.0264. The monoisotopic (exact) mass is 298 g/mol. The van der Waals surface area contributed by atoms with E-state index in [1.807, 2.05) is 30.3 Å². The van der Waals surface area contributed by atoms with Crippen molar-refractivity contribution in [1.29, 1.82) is 0 Å². The van der Waals surface area contributed by atoms with Gasteiger partial charge in [-0.2, -0.15) is 0 Å². The quantitative estimate of drug-likeness (QED) is 0.841. The van der Waals surface area contributed by atoms with Gasteiger partial charge in [-0.1, -0.05) is 30.3 Å². The summed E-state index contributed by atoms with van der Waals surface area (Å²) in [5, 5.41) is 6.28. The molecule has 1 atom stereocenters. The van der Waals surface area contributed by atoms with Gasteiger partial charge < -0.3 is 15.4 Å². The van der Waals surface area contributed by atoms with Crippen LogP contribution in [0.15, 0.2) is 30.3 Å². The lowest BCUT2D eigenvalue weighted by Gasteiger charge is -2.22. The smallest absolute Gasteiger partial charge is 0.246 e. The van der Waals surface area contributed by atoms with E-state index in [4.69, 9.17) is 4.74 Å². The molecule has 1 aliphatic heterocycles. The summed E-state index contributed by atoms with van der Waals surface area (Å²) in [6.45, 7) is 3.48. The van der Waals surface area contributed by atoms with Crippen molar-refractivity contribution in [1.82, 2.24) is 10.6 Å². The number of hydrogen-bond acceptors (Lipinski definition) is 3. The van der Waals surface area contributed by atoms with Crippen LogP contribution in [0, 0.1) is 5.92 Å². The Morgan fingerprint density at radius 3 is 2.85 bits per heavy atom. The molecule has 20 heavy (non-hydrogen) atoms. The van der Waals surface area contributed by atoms with Crippen molar-refractivity contribution < 1.29 is 9.53 Å². The van der Waals surface area contributed by atoms with Crippen LogP contribution in [-0.2, 0) is 16.1 Å². The number of hydrogen-bond donors (Lipinski definition) is 2. The summed E-state index contributed by atoms with van der Waals surface area (Å²) in [5.41, 5.74) is 1.09. The lowest BCUT2D eigenvalue weighted by atomic mass is 10.00. The summed E-state index contributed by atoms with van der Waals surface area (Å²) in [7, 11) is 0. The van der Waals surface area contributed by atoms with Crippen molar-refractivity contribution in [2.24, 2.45) is 5.92 Å². The standard InChI is InChI=1S/C15H22N2O2.ClH/c18-15(17-10-14-7-4-8-16-9-14)12-19-11-13-5-2-1-3-6-13;/h1-3,5-6,14,16H,4,7-12H2,(H,17,18);1H. The molecule has 1 aliphatic rings. The molecule has 5 heteroatoms. The predicted octanol–water partition coefficient (Wildman–Crippen LogP) is 1.74. The third kappa shape index (κ3) is 6.37. The summed E-state index contributed by atoms with van der Waals surface area (Å²) in [6, 6.07) is 9.88. The van der Waals surface area contributed by atoms with Crippen molar-refractivity contribution in [3.63, 3.8) is 0 Å². The fourth-order valence-corrected chi connectivity index (χ4v) is 2.24. The highest BCUT2D eigenvalue weighted by Gasteiger charge is 2.13. The third-order valence-corrected chi connectivity index (χ3v) is 3.33. The van der Waals surface area contributed by atoms with Gasteiger partial charge in [0.2, 0.25) is 5.91 Å². The van der Waals surface area contributed by atoms with E-state index in [9.17, 15) is 4.79 Å². The molecule has 2 N–H and O–H groups in total. The first-order valence-electron chi connectivity index (χ1n) is 6.93. The normalized spacial score (nSPS) is 18.1. The van der Waals surface area contributed by atoms with Gasteiger partial charge in [-0.25, -0.2) is 0 Å². The highest BCUT2D eigenvalue weighted by atomic mass is 35.5. The number of ether oxygens (including phenoxy) is 1. The maximum Gasteiger partial charge on any atom is 0.246 e. The zero-order valence-electron chi connectivity index (χ0n) is 11.6. The highest BCUT2D eigenvalue weighted by Crippen LogP contribution is 2.08. The second-order valence-corrected chi connectivity index (χ2v) is 4.99. The molecule has 1 unspecified atom stereocenters. The first kappa shape index (κ1) is 17.0. The van der Waals surface area contributed by atoms with E-state index >= 15 is 0 Å². The van der Waals surface area contributed by atoms with Crippen LogP contribution < -0.4 is 10.6 Å². The molecule has 1 heterocycles. The SMILES string of the molecule is Cl.O=C(COCc1ccccc1)NCC1CCCNC1. The molecule has 0 bridgehead atoms. The van der Waals surface area contributed by atoms with E-state index < -0.39 is 0 Å². The first-order chi connectivity index (χ1) is 9.34. The largest absolute Gasteiger partial charge is 0.367 e. The van der Waals surface area contributed by atoms with E-state index in [1.54, 1.807) is 0 Å². The topological polar surface area (TPSA) is 50.4 Å². The van der Waals surface area contributed by atoms with Gasteiger partial charge in [0.1, 0.15) is 6.61 Å². The average molecular weight is 299 g/mol. The van der Waals surface area contributed by atoms with Gasteiger partial charge in [0, 0.05) is 6.54 Å². The maximum atomic E-state index is 11.6. The van der Waals surface area contributed by atoms with Gasteiger partial charge in [-0.15, -0.1) is 12.4 Å². The number of carbonyl (C=O) groups excluding carboxylic acids is 1. The first-order valence-corrected chi connectivity index (χ1v) is 6.93. The molecule has 0 radical (unpaired) electrons. The number of nitrogens with one attached hydrogen (secondary N) is 2. The number of halogens is 1. The molecule has 0 spiro atoms. The number of benzene rings is 1. The van der Waals surface area contributed by atoms with Crippen LogP contribution >= 0.6 is 12.4 Å². The van der Waals surface area contributed by atoms with E-state index in [0.717, 1.165) is 25.2 Å². The van der Waals surface area contributed by atoms with Crippen molar-refractivity contribution in [3.05, 3.63) is 35.9 Å². The fraction of sp³-hybridized carbons (Fsp3) is 0.533. The number of piperidine rings is 1. The van der Waals surface area contributed by atoms with Crippen LogP contribution in [0.3, 0.4) is 0 Å². The van der Waals surface area contributed by atoms with Crippen LogP contribution in [0.5, 0.6) is 0 Å². The molecule has 2 rings (SSSR count). The predicted molar refractivity (Wildman–Crippen MR) is 81.9 cm³/mol. The summed E-state index contributed by atoms with van der Waals surface area (Å²) in [5.74, 6) is 0.535. The molecular formula is C15H23ClN2O2. The minimum absolute atomic E-state index is 0. The second-order valence-electron chi connectivity index (χ2n) is 4.99. The Bertz CT molecular complexity index is 381. The van der Waals surface area contributed by atoms with Crippen LogP contribution in [0.1, 0.15) is 18.4 Å². The summed E-state index contributed by atoms with van der Waals surface area (Å²) in [6.07, 6.45) is 2.39. The molecule has 1 fully saturated rings. The van der Waals surface area contributed by atoms with E-state index in [0.29, 0.717) is 12.5 Å². The molecule has 0 aromatic heterocycles. The Balaban J connectivity index is 0.00000200. The van der Waals surface area contributed by atoms with Crippen LogP contribution in [0.25, 0.3) is 0 Å². The lowest BCUT2D eigenvalue weighted by Crippen LogP contribution is -2.39. The van der Waals surface area contributed by atoms with Gasteiger partial charge >= 0.3 is 0 Å². The summed E-state index contributed by atoms with van der Waals surface area (Å²) in [4.78, 5) is 11.6. The molecule has 112 valence electrons. The molecule has 1 amide bonds. The van der Waals surface area contributed by atoms with Crippen molar-refractivity contribution >= 4 is 18.3 Å². The summed E-state index contributed by atoms with van der Waals surface area (Å²) < 4.78 is 5.39. The van der Waals surface area contributed by atoms with Crippen molar-refractivity contribution in [2.75, 3.05) is 26.2 Å². The lowest BCUT2D eigenvalue weighted by molar-refractivity contribution is -0.126. The van der Waals surface area contributed by atoms with Gasteiger partial charge in [-0.3, -0.25) is 4.79 Å². The van der Waals surface area contributed by atoms with Crippen molar-refractivity contribution in [2.45, 2.75) is 19.4 Å². The molecule has 0 saturated carbocycles. The van der Waals surface area contributed by atoms with Crippen LogP contribution in [0.4, 0.5) is 0 Å². The summed E-state index contributed by atoms with van der Waals surface area (Å²) >= 11 is 0. The molecular weight excluding hydrogens is 276 g/mol. The van der Waals surface area contributed by atoms with Crippen molar-refractivity contribution in [3.8, 4) is 0 Å². The maximum absolute atomic E-state index is 11.6. The molecule has 4 nitrogen and oxygen atoms in total. The Morgan fingerprint density at radius 1 is 1.35 bits per heavy atom. The second kappa shape index (κ2) is 9.75. The Hall–Kier alpha value is -1.10. The van der Waals surface area contributed by atoms with E-state index in [1.165, 1.54) is 12.8 Å². The zero-order chi connectivity index (χ0) is 13.3. The van der Waals surface area contributed by atoms with Gasteiger partial charge in [-0.05, 0) is 37.4 Å². The van der Waals surface area contributed by atoms with E-state index in [2.05, 4.69) is 10.6 Å². The van der Waals surface area contributed by atoms with Gasteiger partial charge in [0.15, 0.2) is 0 Å². The Morgan fingerprint density at radius 2 is 2.15 bits per heavy atom. The molecule has 1 aromatic carbocycles. The number of rotatable bonds is 6. The van der Waals surface area contributed by atoms with E-state index in [-0.39, 0.29) is 24.9 Å². The van der Waals surface area contributed by atoms with Crippen LogP contribution in [0.2, 0.25) is 0 Å². The number of carbonyl (C=O) groups is 1. The molecule has 1 aromatic rings. The van der Waals surface area contributed by atoms with Gasteiger partial charge in [0.25, 0.3) is 0 Å². The third-order valence-electron chi connectivity index (χ3n) is 3.33. The highest BCUT2D eigenvalue weighted by molar-refractivity contribution is 5.85. The van der Waals surface area contributed by atoms with Gasteiger partial charge in [0.05, 0.1) is 6.61 Å². The average Bonchev–Trinajstić information content (AvgIpc) is 2.47. The Kier molecular flexibility index (Phi) is 8.26. The van der Waals surface area contributed by atoms with Crippen LogP contribution in [-0.4, -0.2) is 32.1 Å². The molecule has 1 saturated heterocycles. The zero-order valence-corrected chi connectivity index (χ0v) is 12.5. The number of amides is 1. The minimum Gasteiger partial charge on any atom is -0.367 e. The fourth-order valence-electron chi connectivity index (χ4n) is 2.24.